The van der Waals surface area contributed by atoms with E-state index in [0.29, 0.717) is 32.6 Å². The molecule has 0 atom stereocenters. The molecule has 3 rings (SSSR count). The van der Waals surface area contributed by atoms with Crippen molar-refractivity contribution in [2.45, 2.75) is 12.8 Å². The summed E-state index contributed by atoms with van der Waals surface area (Å²) < 4.78 is 11.0. The maximum atomic E-state index is 12.3. The summed E-state index contributed by atoms with van der Waals surface area (Å²) >= 11 is 0. The largest absolute Gasteiger partial charge is 0.497 e. The molecular formula is C22H27N3O4. The average Bonchev–Trinajstić information content (AvgIpc) is 2.91. The highest BCUT2D eigenvalue weighted by Gasteiger charge is 2.21. The monoisotopic (exact) mass is 397 g/mol. The smallest absolute Gasteiger partial charge is 0.317 e. The third kappa shape index (κ3) is 5.88. The van der Waals surface area contributed by atoms with E-state index in [4.69, 9.17) is 9.47 Å². The van der Waals surface area contributed by atoms with Gasteiger partial charge in [-0.3, -0.25) is 4.79 Å². The zero-order valence-electron chi connectivity index (χ0n) is 16.9. The number of urea groups is 1. The lowest BCUT2D eigenvalue weighted by Gasteiger charge is -2.20. The summed E-state index contributed by atoms with van der Waals surface area (Å²) in [5.41, 5.74) is 1.11. The van der Waals surface area contributed by atoms with Crippen molar-refractivity contribution in [3.8, 4) is 17.2 Å². The predicted octanol–water partition coefficient (Wildman–Crippen LogP) is 2.90. The Hall–Kier alpha value is -3.22. The molecule has 2 aromatic carbocycles. The minimum Gasteiger partial charge on any atom is -0.497 e. The molecule has 1 heterocycles. The van der Waals surface area contributed by atoms with E-state index in [1.54, 1.807) is 24.0 Å². The molecule has 0 bridgehead atoms. The van der Waals surface area contributed by atoms with Gasteiger partial charge in [0.05, 0.1) is 7.11 Å². The predicted molar refractivity (Wildman–Crippen MR) is 110 cm³/mol. The second-order valence-electron chi connectivity index (χ2n) is 6.96. The van der Waals surface area contributed by atoms with Crippen LogP contribution in [0.4, 0.5) is 4.79 Å². The van der Waals surface area contributed by atoms with Gasteiger partial charge in [0.15, 0.2) is 0 Å². The first-order valence-corrected chi connectivity index (χ1v) is 9.73. The Balaban J connectivity index is 1.43. The van der Waals surface area contributed by atoms with E-state index < -0.39 is 0 Å². The number of benzene rings is 2. The van der Waals surface area contributed by atoms with Crippen LogP contribution in [0.15, 0.2) is 48.5 Å². The summed E-state index contributed by atoms with van der Waals surface area (Å²) in [7, 11) is 3.40. The van der Waals surface area contributed by atoms with Gasteiger partial charge < -0.3 is 24.6 Å². The average molecular weight is 397 g/mol. The van der Waals surface area contributed by atoms with Gasteiger partial charge in [-0.1, -0.05) is 12.1 Å². The highest BCUT2D eigenvalue weighted by molar-refractivity contribution is 5.79. The minimum atomic E-state index is -0.118. The first kappa shape index (κ1) is 20.5. The molecule has 29 heavy (non-hydrogen) atoms. The number of rotatable bonds is 6. The van der Waals surface area contributed by atoms with Crippen LogP contribution in [-0.4, -0.2) is 62.1 Å². The Morgan fingerprint density at radius 2 is 1.59 bits per heavy atom. The molecule has 1 saturated heterocycles. The molecule has 1 fully saturated rings. The first-order chi connectivity index (χ1) is 14.0. The minimum absolute atomic E-state index is 0.0808. The van der Waals surface area contributed by atoms with Crippen molar-refractivity contribution in [1.29, 1.82) is 0 Å². The van der Waals surface area contributed by atoms with Crippen molar-refractivity contribution in [3.05, 3.63) is 54.1 Å². The number of amides is 3. The number of carbonyl (C=O) groups is 2. The summed E-state index contributed by atoms with van der Waals surface area (Å²) in [5, 5.41) is 2.94. The van der Waals surface area contributed by atoms with Gasteiger partial charge in [-0.25, -0.2) is 4.79 Å². The van der Waals surface area contributed by atoms with Crippen LogP contribution in [0.2, 0.25) is 0 Å². The molecule has 2 aromatic rings. The summed E-state index contributed by atoms with van der Waals surface area (Å²) in [6.45, 7) is 2.14. The SMILES string of the molecule is COc1ccc(Oc2ccc(CCNC(=O)N3CCC(=O)N(C)CC3)cc2)cc1. The van der Waals surface area contributed by atoms with Crippen LogP contribution >= 0.6 is 0 Å². The molecule has 0 aliphatic carbocycles. The van der Waals surface area contributed by atoms with Crippen molar-refractivity contribution < 1.29 is 19.1 Å². The summed E-state index contributed by atoms with van der Waals surface area (Å²) in [6, 6.07) is 15.1. The second kappa shape index (κ2) is 9.82. The molecule has 0 unspecified atom stereocenters. The molecule has 1 aliphatic rings. The number of likely N-dealkylation sites (N-methyl/N-ethyl adjacent to an activating group) is 1. The van der Waals surface area contributed by atoms with Gasteiger partial charge >= 0.3 is 6.03 Å². The molecular weight excluding hydrogens is 370 g/mol. The van der Waals surface area contributed by atoms with Crippen molar-refractivity contribution in [3.63, 3.8) is 0 Å². The van der Waals surface area contributed by atoms with Crippen molar-refractivity contribution in [2.75, 3.05) is 40.3 Å². The van der Waals surface area contributed by atoms with Gasteiger partial charge in [-0.05, 0) is 48.4 Å². The molecule has 0 radical (unpaired) electrons. The van der Waals surface area contributed by atoms with Gasteiger partial charge in [-0.15, -0.1) is 0 Å². The fourth-order valence-electron chi connectivity index (χ4n) is 3.06. The molecule has 3 amide bonds. The van der Waals surface area contributed by atoms with Gasteiger partial charge in [0.1, 0.15) is 17.2 Å². The zero-order chi connectivity index (χ0) is 20.6. The highest BCUT2D eigenvalue weighted by atomic mass is 16.5. The molecule has 1 N–H and O–H groups in total. The molecule has 0 aromatic heterocycles. The Labute approximate surface area is 171 Å². The number of nitrogens with one attached hydrogen (secondary N) is 1. The Morgan fingerprint density at radius 1 is 0.966 bits per heavy atom. The number of nitrogens with zero attached hydrogens (tertiary/aromatic N) is 2. The van der Waals surface area contributed by atoms with E-state index in [1.165, 1.54) is 0 Å². The van der Waals surface area contributed by atoms with Crippen LogP contribution in [0.5, 0.6) is 17.2 Å². The summed E-state index contributed by atoms with van der Waals surface area (Å²) in [6.07, 6.45) is 1.10. The number of carbonyl (C=O) groups excluding carboxylic acids is 2. The second-order valence-corrected chi connectivity index (χ2v) is 6.96. The lowest BCUT2D eigenvalue weighted by atomic mass is 10.1. The molecule has 7 nitrogen and oxygen atoms in total. The Kier molecular flexibility index (Phi) is 6.94. The van der Waals surface area contributed by atoms with Crippen molar-refractivity contribution in [1.82, 2.24) is 15.1 Å². The lowest BCUT2D eigenvalue weighted by Crippen LogP contribution is -2.42. The third-order valence-corrected chi connectivity index (χ3v) is 4.92. The van der Waals surface area contributed by atoms with E-state index in [0.717, 1.165) is 29.2 Å². The summed E-state index contributed by atoms with van der Waals surface area (Å²) in [5.74, 6) is 2.36. The van der Waals surface area contributed by atoms with Gasteiger partial charge in [0.25, 0.3) is 0 Å². The molecule has 0 saturated carbocycles. The number of ether oxygens (including phenoxy) is 2. The standard InChI is InChI=1S/C22H27N3O4/c1-24-15-16-25(14-12-21(24)26)22(27)23-13-11-17-3-5-19(6-4-17)29-20-9-7-18(28-2)8-10-20/h3-10H,11-16H2,1-2H3,(H,23,27). The van der Waals surface area contributed by atoms with E-state index in [1.807, 2.05) is 48.5 Å². The van der Waals surface area contributed by atoms with E-state index >= 15 is 0 Å². The zero-order valence-corrected chi connectivity index (χ0v) is 16.9. The normalized spacial score (nSPS) is 14.3. The van der Waals surface area contributed by atoms with Crippen LogP contribution in [0.3, 0.4) is 0 Å². The van der Waals surface area contributed by atoms with E-state index in [9.17, 15) is 9.59 Å². The van der Waals surface area contributed by atoms with Crippen LogP contribution in [-0.2, 0) is 11.2 Å². The number of methoxy groups -OCH3 is 1. The summed E-state index contributed by atoms with van der Waals surface area (Å²) in [4.78, 5) is 27.4. The van der Waals surface area contributed by atoms with Crippen LogP contribution in [0.25, 0.3) is 0 Å². The quantitative estimate of drug-likeness (QED) is 0.814. The highest BCUT2D eigenvalue weighted by Crippen LogP contribution is 2.24. The fraction of sp³-hybridized carbons (Fsp3) is 0.364. The molecule has 1 aliphatic heterocycles. The van der Waals surface area contributed by atoms with Crippen molar-refractivity contribution >= 4 is 11.9 Å². The Bertz CT molecular complexity index is 821. The fourth-order valence-corrected chi connectivity index (χ4v) is 3.06. The van der Waals surface area contributed by atoms with Crippen LogP contribution in [0, 0.1) is 0 Å². The Morgan fingerprint density at radius 3 is 2.24 bits per heavy atom. The van der Waals surface area contributed by atoms with Gasteiger partial charge in [0, 0.05) is 39.6 Å². The number of hydrogen-bond donors (Lipinski definition) is 1. The van der Waals surface area contributed by atoms with E-state index in [2.05, 4.69) is 5.32 Å². The topological polar surface area (TPSA) is 71.1 Å². The van der Waals surface area contributed by atoms with Crippen LogP contribution in [0.1, 0.15) is 12.0 Å². The third-order valence-electron chi connectivity index (χ3n) is 4.92. The maximum absolute atomic E-state index is 12.3. The van der Waals surface area contributed by atoms with E-state index in [-0.39, 0.29) is 11.9 Å². The number of hydrogen-bond acceptors (Lipinski definition) is 4. The molecule has 154 valence electrons. The molecule has 7 heteroatoms. The van der Waals surface area contributed by atoms with Gasteiger partial charge in [-0.2, -0.15) is 0 Å². The lowest BCUT2D eigenvalue weighted by molar-refractivity contribution is -0.129. The van der Waals surface area contributed by atoms with Gasteiger partial charge in [0.2, 0.25) is 5.91 Å². The van der Waals surface area contributed by atoms with Crippen LogP contribution < -0.4 is 14.8 Å². The first-order valence-electron chi connectivity index (χ1n) is 9.73. The maximum Gasteiger partial charge on any atom is 0.317 e. The van der Waals surface area contributed by atoms with Crippen molar-refractivity contribution in [2.24, 2.45) is 0 Å². The molecule has 0 spiro atoms.